The Morgan fingerprint density at radius 3 is 2.67 bits per heavy atom. The van der Waals surface area contributed by atoms with Gasteiger partial charge in [-0.1, -0.05) is 17.9 Å². The Morgan fingerprint density at radius 2 is 1.95 bits per heavy atom. The summed E-state index contributed by atoms with van der Waals surface area (Å²) in [6.45, 7) is 2.96. The number of anilines is 1. The van der Waals surface area contributed by atoms with E-state index in [4.69, 9.17) is 4.74 Å². The van der Waals surface area contributed by atoms with Gasteiger partial charge in [-0.15, -0.1) is 0 Å². The van der Waals surface area contributed by atoms with Gasteiger partial charge in [-0.25, -0.2) is 0 Å². The molecular weight excluding hydrogens is 513 g/mol. The number of aromatic nitrogens is 2. The molecule has 0 aliphatic carbocycles. The lowest BCUT2D eigenvalue weighted by atomic mass is 10.0. The first kappa shape index (κ1) is 27.6. The highest BCUT2D eigenvalue weighted by atomic mass is 19.4. The molecule has 0 saturated heterocycles. The number of alkyl halides is 3. The molecule has 4 rings (SSSR count). The summed E-state index contributed by atoms with van der Waals surface area (Å²) in [5.41, 5.74) is -0.870. The molecule has 3 aromatic rings. The number of nitrogens with zero attached hydrogens (tertiary/aromatic N) is 3. The maximum atomic E-state index is 13.3. The Bertz CT molecular complexity index is 1470. The zero-order chi connectivity index (χ0) is 28.4. The van der Waals surface area contributed by atoms with Crippen molar-refractivity contribution in [3.05, 3.63) is 82.9 Å². The van der Waals surface area contributed by atoms with Crippen LogP contribution in [-0.4, -0.2) is 52.2 Å². The number of pyridine rings is 2. The zero-order valence-electron chi connectivity index (χ0n) is 21.3. The molecule has 0 radical (unpaired) electrons. The van der Waals surface area contributed by atoms with E-state index in [1.165, 1.54) is 42.4 Å². The van der Waals surface area contributed by atoms with E-state index < -0.39 is 35.3 Å². The molecule has 39 heavy (non-hydrogen) atoms. The van der Waals surface area contributed by atoms with E-state index >= 15 is 0 Å². The predicted octanol–water partition coefficient (Wildman–Crippen LogP) is 3.36. The van der Waals surface area contributed by atoms with Crippen molar-refractivity contribution >= 4 is 17.5 Å². The van der Waals surface area contributed by atoms with E-state index in [2.05, 4.69) is 27.1 Å². The van der Waals surface area contributed by atoms with Crippen LogP contribution in [0.3, 0.4) is 0 Å². The summed E-state index contributed by atoms with van der Waals surface area (Å²) in [7, 11) is 1.53. The van der Waals surface area contributed by atoms with Crippen molar-refractivity contribution in [2.75, 3.05) is 18.6 Å². The molecule has 3 heterocycles. The van der Waals surface area contributed by atoms with Crippen molar-refractivity contribution in [3.8, 4) is 17.6 Å². The summed E-state index contributed by atoms with van der Waals surface area (Å²) < 4.78 is 45.7. The van der Waals surface area contributed by atoms with Gasteiger partial charge in [0.1, 0.15) is 35.4 Å². The maximum absolute atomic E-state index is 13.3. The number of carbonyl (C=O) groups excluding carboxylic acids is 2. The number of nitrogens with one attached hydrogen (secondary N) is 1. The molecule has 2 aromatic heterocycles. The number of fused-ring (bicyclic) bond motifs is 1. The quantitative estimate of drug-likeness (QED) is 0.494. The molecule has 202 valence electrons. The molecule has 0 spiro atoms. The van der Waals surface area contributed by atoms with Gasteiger partial charge in [-0.3, -0.25) is 19.6 Å². The molecule has 0 saturated carbocycles. The minimum Gasteiger partial charge on any atom is -0.489 e. The summed E-state index contributed by atoms with van der Waals surface area (Å²) >= 11 is 0. The van der Waals surface area contributed by atoms with Crippen LogP contribution >= 0.6 is 0 Å². The molecular formula is C28H25F3N4O4. The third kappa shape index (κ3) is 6.72. The second-order valence-electron chi connectivity index (χ2n) is 9.46. The summed E-state index contributed by atoms with van der Waals surface area (Å²) in [5.74, 6) is 4.84. The van der Waals surface area contributed by atoms with Gasteiger partial charge < -0.3 is 20.1 Å². The average Bonchev–Trinajstić information content (AvgIpc) is 2.99. The van der Waals surface area contributed by atoms with Crippen LogP contribution in [0.25, 0.3) is 0 Å². The van der Waals surface area contributed by atoms with Crippen LogP contribution in [0.1, 0.15) is 46.7 Å². The summed E-state index contributed by atoms with van der Waals surface area (Å²) in [6.07, 6.45) is -2.34. The Hall–Kier alpha value is -4.43. The van der Waals surface area contributed by atoms with Crippen LogP contribution in [0.5, 0.6) is 5.75 Å². The lowest BCUT2D eigenvalue weighted by Crippen LogP contribution is -2.49. The van der Waals surface area contributed by atoms with Gasteiger partial charge in [-0.2, -0.15) is 13.2 Å². The fraction of sp³-hybridized carbons (Fsp3) is 0.286. The Morgan fingerprint density at radius 1 is 1.18 bits per heavy atom. The number of carbonyl (C=O) groups is 2. The Labute approximate surface area is 222 Å². The minimum atomic E-state index is -4.62. The largest absolute Gasteiger partial charge is 0.489 e. The van der Waals surface area contributed by atoms with E-state index in [0.29, 0.717) is 22.6 Å². The Kier molecular flexibility index (Phi) is 7.60. The number of halogens is 3. The zero-order valence-corrected chi connectivity index (χ0v) is 21.3. The predicted molar refractivity (Wildman–Crippen MR) is 136 cm³/mol. The normalized spacial score (nSPS) is 15.4. The first-order valence-electron chi connectivity index (χ1n) is 11.9. The molecule has 1 atom stereocenters. The molecule has 0 bridgehead atoms. The SMILES string of the molecule is CN1C(=O)C(NC(=O)c2cc(Cc3cccnc3C(F)(F)F)ccn2)COc2ccc(C#CC(C)(C)O)cc21. The minimum absolute atomic E-state index is 0.0408. The summed E-state index contributed by atoms with van der Waals surface area (Å²) in [5, 5.41) is 12.5. The molecule has 1 aliphatic rings. The van der Waals surface area contributed by atoms with Crippen molar-refractivity contribution in [2.45, 2.75) is 38.1 Å². The number of ether oxygens (including phenoxy) is 1. The molecule has 8 nitrogen and oxygen atoms in total. The molecule has 11 heteroatoms. The maximum Gasteiger partial charge on any atom is 0.433 e. The fourth-order valence-corrected chi connectivity index (χ4v) is 3.90. The standard InChI is InChI=1S/C28H25F3N4O4/c1-27(2,38)10-8-17-6-7-23-22(15-17)35(3)26(37)21(16-39-23)34-25(36)20-14-18(9-12-32-20)13-19-5-4-11-33-24(19)28(29,30)31/h4-7,9,11-12,14-15,21,38H,13,16H2,1-3H3,(H,34,36). The van der Waals surface area contributed by atoms with E-state index in [-0.39, 0.29) is 24.3 Å². The van der Waals surface area contributed by atoms with Crippen LogP contribution in [0.2, 0.25) is 0 Å². The lowest BCUT2D eigenvalue weighted by molar-refractivity contribution is -0.141. The monoisotopic (exact) mass is 538 g/mol. The topological polar surface area (TPSA) is 105 Å². The van der Waals surface area contributed by atoms with Gasteiger partial charge in [0.15, 0.2) is 0 Å². The number of benzene rings is 1. The van der Waals surface area contributed by atoms with Crippen molar-refractivity contribution in [2.24, 2.45) is 0 Å². The van der Waals surface area contributed by atoms with Gasteiger partial charge in [0.2, 0.25) is 0 Å². The van der Waals surface area contributed by atoms with Crippen LogP contribution < -0.4 is 15.0 Å². The smallest absolute Gasteiger partial charge is 0.433 e. The van der Waals surface area contributed by atoms with Gasteiger partial charge in [0, 0.05) is 25.0 Å². The molecule has 1 unspecified atom stereocenters. The van der Waals surface area contributed by atoms with Crippen LogP contribution in [0.15, 0.2) is 54.9 Å². The highest BCUT2D eigenvalue weighted by Crippen LogP contribution is 2.32. The highest BCUT2D eigenvalue weighted by Gasteiger charge is 2.35. The summed E-state index contributed by atoms with van der Waals surface area (Å²) in [4.78, 5) is 35.0. The molecule has 0 fully saturated rings. The summed E-state index contributed by atoms with van der Waals surface area (Å²) in [6, 6.07) is 9.55. The fourth-order valence-electron chi connectivity index (χ4n) is 3.90. The second kappa shape index (κ2) is 10.7. The second-order valence-corrected chi connectivity index (χ2v) is 9.46. The molecule has 1 aromatic carbocycles. The van der Waals surface area contributed by atoms with E-state index in [0.717, 1.165) is 6.20 Å². The van der Waals surface area contributed by atoms with Crippen LogP contribution in [-0.2, 0) is 17.4 Å². The third-order valence-corrected chi connectivity index (χ3v) is 5.78. The van der Waals surface area contributed by atoms with E-state index in [1.807, 2.05) is 0 Å². The highest BCUT2D eigenvalue weighted by molar-refractivity contribution is 6.03. The van der Waals surface area contributed by atoms with E-state index in [1.54, 1.807) is 32.0 Å². The van der Waals surface area contributed by atoms with Gasteiger partial charge >= 0.3 is 6.18 Å². The molecule has 1 aliphatic heterocycles. The first-order valence-corrected chi connectivity index (χ1v) is 11.9. The molecule has 2 N–H and O–H groups in total. The van der Waals surface area contributed by atoms with Gasteiger partial charge in [0.25, 0.3) is 11.8 Å². The van der Waals surface area contributed by atoms with Crippen molar-refractivity contribution < 1.29 is 32.6 Å². The van der Waals surface area contributed by atoms with Crippen molar-refractivity contribution in [1.82, 2.24) is 15.3 Å². The number of hydrogen-bond donors (Lipinski definition) is 2. The van der Waals surface area contributed by atoms with Crippen molar-refractivity contribution in [1.29, 1.82) is 0 Å². The average molecular weight is 539 g/mol. The van der Waals surface area contributed by atoms with Gasteiger partial charge in [0.05, 0.1) is 5.69 Å². The third-order valence-electron chi connectivity index (χ3n) is 5.78. The Balaban J connectivity index is 1.50. The number of amides is 2. The number of likely N-dealkylation sites (N-methyl/N-ethyl adjacent to an activating group) is 1. The lowest BCUT2D eigenvalue weighted by Gasteiger charge is -2.20. The van der Waals surface area contributed by atoms with Gasteiger partial charge in [-0.05, 0) is 67.8 Å². The number of aliphatic hydroxyl groups is 1. The van der Waals surface area contributed by atoms with Crippen LogP contribution in [0.4, 0.5) is 18.9 Å². The molecule has 2 amide bonds. The van der Waals surface area contributed by atoms with Crippen LogP contribution in [0, 0.1) is 11.8 Å². The first-order chi connectivity index (χ1) is 18.3. The number of rotatable bonds is 4. The number of hydrogen-bond acceptors (Lipinski definition) is 6. The van der Waals surface area contributed by atoms with E-state index in [9.17, 15) is 27.9 Å². The van der Waals surface area contributed by atoms with Crippen molar-refractivity contribution in [3.63, 3.8) is 0 Å².